The smallest absolute Gasteiger partial charge is 0.304 e. The van der Waals surface area contributed by atoms with Gasteiger partial charge in [-0.25, -0.2) is 0 Å². The van der Waals surface area contributed by atoms with Gasteiger partial charge in [0.2, 0.25) is 11.7 Å². The van der Waals surface area contributed by atoms with E-state index in [0.717, 1.165) is 5.56 Å². The number of carboxylic acid groups (broad SMARTS) is 1. The van der Waals surface area contributed by atoms with Crippen LogP contribution in [0.1, 0.15) is 12.3 Å². The molecule has 0 amide bonds. The lowest BCUT2D eigenvalue weighted by Gasteiger charge is -2.06. The lowest BCUT2D eigenvalue weighted by molar-refractivity contribution is -0.137. The molecule has 0 radical (unpaired) electrons. The molecule has 0 aliphatic heterocycles. The Kier molecular flexibility index (Phi) is 5.50. The summed E-state index contributed by atoms with van der Waals surface area (Å²) in [6.07, 6.45) is 0.0471. The van der Waals surface area contributed by atoms with Crippen LogP contribution >= 0.6 is 11.6 Å². The Morgan fingerprint density at radius 2 is 1.77 bits per heavy atom. The summed E-state index contributed by atoms with van der Waals surface area (Å²) < 4.78 is 10.9. The summed E-state index contributed by atoms with van der Waals surface area (Å²) in [5, 5.41) is 13.3. The number of nitrogens with zero attached hydrogens (tertiary/aromatic N) is 2. The molecule has 0 unspecified atom stereocenters. The molecular formula is C18H16ClN3O4. The number of hydrogen-bond donors (Lipinski definition) is 2. The van der Waals surface area contributed by atoms with E-state index in [-0.39, 0.29) is 12.8 Å². The highest BCUT2D eigenvalue weighted by molar-refractivity contribution is 6.30. The second-order valence-corrected chi connectivity index (χ2v) is 6.09. The maximum Gasteiger partial charge on any atom is 0.304 e. The Hall–Kier alpha value is -2.90. The van der Waals surface area contributed by atoms with Crippen LogP contribution in [0, 0.1) is 0 Å². The van der Waals surface area contributed by atoms with Crippen molar-refractivity contribution < 1.29 is 19.2 Å². The van der Waals surface area contributed by atoms with Gasteiger partial charge < -0.3 is 20.1 Å². The van der Waals surface area contributed by atoms with Crippen molar-refractivity contribution in [1.29, 1.82) is 0 Å². The van der Waals surface area contributed by atoms with Crippen molar-refractivity contribution in [2.24, 2.45) is 5.73 Å². The normalized spacial score (nSPS) is 11.9. The average Bonchev–Trinajstić information content (AvgIpc) is 3.05. The van der Waals surface area contributed by atoms with E-state index in [1.165, 1.54) is 0 Å². The van der Waals surface area contributed by atoms with Gasteiger partial charge in [0.1, 0.15) is 11.5 Å². The predicted molar refractivity (Wildman–Crippen MR) is 95.2 cm³/mol. The van der Waals surface area contributed by atoms with Gasteiger partial charge in [0.05, 0.1) is 6.42 Å². The summed E-state index contributed by atoms with van der Waals surface area (Å²) in [4.78, 5) is 14.9. The molecule has 3 N–H and O–H groups in total. The van der Waals surface area contributed by atoms with Gasteiger partial charge in [0.15, 0.2) is 0 Å². The van der Waals surface area contributed by atoms with E-state index in [9.17, 15) is 4.79 Å². The Balaban J connectivity index is 1.65. The van der Waals surface area contributed by atoms with Gasteiger partial charge in [-0.15, -0.1) is 0 Å². The molecule has 26 heavy (non-hydrogen) atoms. The van der Waals surface area contributed by atoms with Crippen LogP contribution in [-0.2, 0) is 11.2 Å². The first-order valence-corrected chi connectivity index (χ1v) is 8.21. The van der Waals surface area contributed by atoms with Crippen molar-refractivity contribution in [3.63, 3.8) is 0 Å². The Morgan fingerprint density at radius 1 is 1.15 bits per heavy atom. The van der Waals surface area contributed by atoms with Gasteiger partial charge >= 0.3 is 5.97 Å². The molecule has 0 saturated carbocycles. The number of benzene rings is 2. The van der Waals surface area contributed by atoms with Crippen LogP contribution in [0.2, 0.25) is 5.02 Å². The molecule has 0 spiro atoms. The van der Waals surface area contributed by atoms with Crippen molar-refractivity contribution in [3.8, 4) is 22.9 Å². The minimum atomic E-state index is -0.964. The fourth-order valence-corrected chi connectivity index (χ4v) is 2.41. The molecule has 7 nitrogen and oxygen atoms in total. The Bertz CT molecular complexity index is 878. The number of rotatable bonds is 7. The van der Waals surface area contributed by atoms with E-state index < -0.39 is 12.0 Å². The standard InChI is InChI=1S/C18H16ClN3O4/c19-12-3-7-15(8-4-12)25-14-5-1-11(2-6-14)18-21-16(26-22-18)9-13(20)10-17(23)24/h1-8,13H,9-10,20H2,(H,23,24)/t13-/m1/s1. The van der Waals surface area contributed by atoms with Crippen molar-refractivity contribution in [1.82, 2.24) is 10.1 Å². The first kappa shape index (κ1) is 17.9. The molecule has 0 aliphatic carbocycles. The zero-order valence-electron chi connectivity index (χ0n) is 13.6. The summed E-state index contributed by atoms with van der Waals surface area (Å²) >= 11 is 5.85. The SMILES string of the molecule is N[C@@H](CC(=O)O)Cc1nc(-c2ccc(Oc3ccc(Cl)cc3)cc2)no1. The van der Waals surface area contributed by atoms with E-state index in [2.05, 4.69) is 10.1 Å². The topological polar surface area (TPSA) is 111 Å². The number of carboxylic acids is 1. The number of ether oxygens (including phenoxy) is 1. The van der Waals surface area contributed by atoms with Gasteiger partial charge in [-0.1, -0.05) is 16.8 Å². The van der Waals surface area contributed by atoms with Crippen LogP contribution in [0.5, 0.6) is 11.5 Å². The van der Waals surface area contributed by atoms with Crippen LogP contribution in [0.15, 0.2) is 53.1 Å². The molecule has 0 bridgehead atoms. The van der Waals surface area contributed by atoms with Crippen molar-refractivity contribution in [2.75, 3.05) is 0 Å². The number of carbonyl (C=O) groups is 1. The van der Waals surface area contributed by atoms with Crippen LogP contribution in [0.25, 0.3) is 11.4 Å². The molecule has 0 aliphatic rings. The van der Waals surface area contributed by atoms with Gasteiger partial charge in [-0.3, -0.25) is 4.79 Å². The quantitative estimate of drug-likeness (QED) is 0.651. The summed E-state index contributed by atoms with van der Waals surface area (Å²) in [5.41, 5.74) is 6.47. The maximum atomic E-state index is 10.6. The van der Waals surface area contributed by atoms with Crippen molar-refractivity contribution >= 4 is 17.6 Å². The highest BCUT2D eigenvalue weighted by Gasteiger charge is 2.15. The van der Waals surface area contributed by atoms with Gasteiger partial charge in [0.25, 0.3) is 0 Å². The molecule has 3 aromatic rings. The van der Waals surface area contributed by atoms with Gasteiger partial charge in [-0.2, -0.15) is 4.98 Å². The highest BCUT2D eigenvalue weighted by Crippen LogP contribution is 2.25. The zero-order chi connectivity index (χ0) is 18.5. The molecule has 3 rings (SSSR count). The molecule has 2 aromatic carbocycles. The second-order valence-electron chi connectivity index (χ2n) is 5.65. The summed E-state index contributed by atoms with van der Waals surface area (Å²) in [5.74, 6) is 1.07. The van der Waals surface area contributed by atoms with Crippen molar-refractivity contribution in [3.05, 3.63) is 59.4 Å². The molecule has 1 atom stereocenters. The number of hydrogen-bond acceptors (Lipinski definition) is 6. The molecule has 0 saturated heterocycles. The molecule has 1 heterocycles. The van der Waals surface area contributed by atoms with Crippen LogP contribution in [-0.4, -0.2) is 27.3 Å². The molecule has 0 fully saturated rings. The number of aliphatic carboxylic acids is 1. The highest BCUT2D eigenvalue weighted by atomic mass is 35.5. The van der Waals surface area contributed by atoms with E-state index in [1.54, 1.807) is 48.5 Å². The lowest BCUT2D eigenvalue weighted by atomic mass is 10.1. The Labute approximate surface area is 154 Å². The van der Waals surface area contributed by atoms with Crippen LogP contribution < -0.4 is 10.5 Å². The third-order valence-corrected chi connectivity index (χ3v) is 3.76. The van der Waals surface area contributed by atoms with Gasteiger partial charge in [0, 0.05) is 23.0 Å². The molecular weight excluding hydrogens is 358 g/mol. The summed E-state index contributed by atoms with van der Waals surface area (Å²) in [7, 11) is 0. The average molecular weight is 374 g/mol. The van der Waals surface area contributed by atoms with Crippen LogP contribution in [0.4, 0.5) is 0 Å². The number of nitrogens with two attached hydrogens (primary N) is 1. The monoisotopic (exact) mass is 373 g/mol. The fraction of sp³-hybridized carbons (Fsp3) is 0.167. The van der Waals surface area contributed by atoms with E-state index in [4.69, 9.17) is 31.7 Å². The summed E-state index contributed by atoms with van der Waals surface area (Å²) in [6, 6.07) is 13.7. The van der Waals surface area contributed by atoms with Crippen LogP contribution in [0.3, 0.4) is 0 Å². The van der Waals surface area contributed by atoms with Crippen molar-refractivity contribution in [2.45, 2.75) is 18.9 Å². The third-order valence-electron chi connectivity index (χ3n) is 3.50. The van der Waals surface area contributed by atoms with E-state index >= 15 is 0 Å². The van der Waals surface area contributed by atoms with E-state index in [1.807, 2.05) is 0 Å². The largest absolute Gasteiger partial charge is 0.481 e. The molecule has 8 heteroatoms. The summed E-state index contributed by atoms with van der Waals surface area (Å²) in [6.45, 7) is 0. The lowest BCUT2D eigenvalue weighted by Crippen LogP contribution is -2.26. The maximum absolute atomic E-state index is 10.6. The minimum absolute atomic E-state index is 0.158. The zero-order valence-corrected chi connectivity index (χ0v) is 14.4. The Morgan fingerprint density at radius 3 is 2.38 bits per heavy atom. The van der Waals surface area contributed by atoms with E-state index in [0.29, 0.717) is 28.2 Å². The number of halogens is 1. The van der Waals surface area contributed by atoms with Gasteiger partial charge in [-0.05, 0) is 48.5 Å². The minimum Gasteiger partial charge on any atom is -0.481 e. The molecule has 1 aromatic heterocycles. The third kappa shape index (κ3) is 4.81. The first-order chi connectivity index (χ1) is 12.5. The molecule has 134 valence electrons. The first-order valence-electron chi connectivity index (χ1n) is 7.83. The predicted octanol–water partition coefficient (Wildman–Crippen LogP) is 3.53. The fourth-order valence-electron chi connectivity index (χ4n) is 2.29. The second kappa shape index (κ2) is 7.99. The number of aromatic nitrogens is 2.